The summed E-state index contributed by atoms with van der Waals surface area (Å²) in [4.78, 5) is 32.7. The molecule has 0 aliphatic rings. The van der Waals surface area contributed by atoms with Gasteiger partial charge in [-0.25, -0.2) is 9.97 Å². The average molecular weight is 389 g/mol. The lowest BCUT2D eigenvalue weighted by atomic mass is 10.1. The smallest absolute Gasteiger partial charge is 0.273 e. The Morgan fingerprint density at radius 2 is 1.90 bits per heavy atom. The fraction of sp³-hybridized carbons (Fsp3) is 0.0526. The maximum absolute atomic E-state index is 12.6. The van der Waals surface area contributed by atoms with Gasteiger partial charge < -0.3 is 15.7 Å². The molecule has 1 aromatic carbocycles. The summed E-state index contributed by atoms with van der Waals surface area (Å²) in [6, 6.07) is 11.4. The SMILES string of the molecule is O=C(NCc1ccnc(NC(=O)c2cccc3n[nH]nc23)c1)c1ncccc1O. The number of hydrogen-bond acceptors (Lipinski definition) is 7. The quantitative estimate of drug-likeness (QED) is 0.406. The van der Waals surface area contributed by atoms with Gasteiger partial charge in [-0.2, -0.15) is 15.4 Å². The molecule has 3 aromatic heterocycles. The van der Waals surface area contributed by atoms with E-state index in [1.165, 1.54) is 24.5 Å². The molecule has 0 atom stereocenters. The van der Waals surface area contributed by atoms with E-state index in [9.17, 15) is 14.7 Å². The molecule has 0 aliphatic carbocycles. The van der Waals surface area contributed by atoms with E-state index in [2.05, 4.69) is 36.0 Å². The van der Waals surface area contributed by atoms with Crippen molar-refractivity contribution in [1.82, 2.24) is 30.7 Å². The molecule has 10 nitrogen and oxygen atoms in total. The van der Waals surface area contributed by atoms with Crippen LogP contribution in [0, 0.1) is 0 Å². The normalized spacial score (nSPS) is 10.6. The summed E-state index contributed by atoms with van der Waals surface area (Å²) in [5, 5.41) is 25.5. The second-order valence-corrected chi connectivity index (χ2v) is 6.05. The lowest BCUT2D eigenvalue weighted by Gasteiger charge is -2.08. The van der Waals surface area contributed by atoms with Gasteiger partial charge in [0.1, 0.15) is 22.6 Å². The molecule has 4 aromatic rings. The largest absolute Gasteiger partial charge is 0.505 e. The van der Waals surface area contributed by atoms with E-state index >= 15 is 0 Å². The van der Waals surface area contributed by atoms with Crippen LogP contribution < -0.4 is 10.6 Å². The van der Waals surface area contributed by atoms with Crippen molar-refractivity contribution < 1.29 is 14.7 Å². The van der Waals surface area contributed by atoms with Gasteiger partial charge in [0, 0.05) is 18.9 Å². The molecule has 10 heteroatoms. The fourth-order valence-electron chi connectivity index (χ4n) is 2.73. The maximum atomic E-state index is 12.6. The number of nitrogens with one attached hydrogen (secondary N) is 3. The number of benzene rings is 1. The zero-order valence-electron chi connectivity index (χ0n) is 15.0. The molecule has 0 fully saturated rings. The van der Waals surface area contributed by atoms with Gasteiger partial charge in [0.05, 0.1) is 5.56 Å². The molecule has 0 saturated heterocycles. The molecular weight excluding hydrogens is 374 g/mol. The van der Waals surface area contributed by atoms with Gasteiger partial charge in [0.25, 0.3) is 11.8 Å². The van der Waals surface area contributed by atoms with Crippen LogP contribution >= 0.6 is 0 Å². The zero-order valence-corrected chi connectivity index (χ0v) is 15.0. The number of carbonyl (C=O) groups excluding carboxylic acids is 2. The van der Waals surface area contributed by atoms with Crippen molar-refractivity contribution >= 4 is 28.7 Å². The molecule has 4 N–H and O–H groups in total. The van der Waals surface area contributed by atoms with Crippen LogP contribution in [-0.4, -0.2) is 42.3 Å². The predicted octanol–water partition coefficient (Wildman–Crippen LogP) is 1.64. The number of pyridine rings is 2. The minimum atomic E-state index is -0.511. The predicted molar refractivity (Wildman–Crippen MR) is 103 cm³/mol. The number of hydrogen-bond donors (Lipinski definition) is 4. The van der Waals surface area contributed by atoms with E-state index in [1.807, 2.05) is 0 Å². The summed E-state index contributed by atoms with van der Waals surface area (Å²) in [6.07, 6.45) is 2.94. The second kappa shape index (κ2) is 7.72. The van der Waals surface area contributed by atoms with Gasteiger partial charge in [-0.15, -0.1) is 0 Å². The Balaban J connectivity index is 1.45. The van der Waals surface area contributed by atoms with E-state index < -0.39 is 5.91 Å². The fourth-order valence-corrected chi connectivity index (χ4v) is 2.73. The van der Waals surface area contributed by atoms with Gasteiger partial charge in [0.2, 0.25) is 0 Å². The number of aromatic amines is 1. The number of amides is 2. The van der Waals surface area contributed by atoms with Crippen molar-refractivity contribution in [2.45, 2.75) is 6.54 Å². The average Bonchev–Trinajstić information content (AvgIpc) is 3.21. The van der Waals surface area contributed by atoms with Crippen LogP contribution in [0.3, 0.4) is 0 Å². The van der Waals surface area contributed by atoms with Gasteiger partial charge >= 0.3 is 0 Å². The Labute approximate surface area is 164 Å². The van der Waals surface area contributed by atoms with E-state index in [0.717, 1.165) is 0 Å². The minimum absolute atomic E-state index is 0.0595. The molecule has 0 saturated carbocycles. The monoisotopic (exact) mass is 389 g/mol. The first kappa shape index (κ1) is 18.0. The van der Waals surface area contributed by atoms with E-state index in [4.69, 9.17) is 0 Å². The standard InChI is InChI=1S/C19H15N7O3/c27-14-5-2-7-21-17(14)19(29)22-10-11-6-8-20-15(9-11)23-18(28)12-3-1-4-13-16(12)25-26-24-13/h1-9,27H,10H2,(H,22,29)(H,20,23,28)(H,24,25,26). The summed E-state index contributed by atoms with van der Waals surface area (Å²) in [5.41, 5.74) is 2.06. The number of carbonyl (C=O) groups is 2. The number of aromatic hydroxyl groups is 1. The van der Waals surface area contributed by atoms with Gasteiger partial charge in [-0.1, -0.05) is 6.07 Å². The summed E-state index contributed by atoms with van der Waals surface area (Å²) in [6.45, 7) is 0.166. The Morgan fingerprint density at radius 1 is 1.00 bits per heavy atom. The molecule has 0 unspecified atom stereocenters. The van der Waals surface area contributed by atoms with Crippen LogP contribution in [0.5, 0.6) is 5.75 Å². The van der Waals surface area contributed by atoms with Crippen molar-refractivity contribution in [1.29, 1.82) is 0 Å². The molecule has 0 radical (unpaired) electrons. The molecule has 144 valence electrons. The summed E-state index contributed by atoms with van der Waals surface area (Å²) in [5.74, 6) is -0.766. The molecular formula is C19H15N7O3. The molecule has 4 rings (SSSR count). The van der Waals surface area contributed by atoms with Gasteiger partial charge in [-0.05, 0) is 42.0 Å². The van der Waals surface area contributed by atoms with E-state index in [-0.39, 0.29) is 23.9 Å². The minimum Gasteiger partial charge on any atom is -0.505 e. The van der Waals surface area contributed by atoms with Crippen LogP contribution in [0.15, 0.2) is 54.9 Å². The van der Waals surface area contributed by atoms with Crippen molar-refractivity contribution in [3.8, 4) is 5.75 Å². The highest BCUT2D eigenvalue weighted by Gasteiger charge is 2.14. The number of rotatable bonds is 5. The highest BCUT2D eigenvalue weighted by molar-refractivity contribution is 6.11. The molecule has 2 amide bonds. The summed E-state index contributed by atoms with van der Waals surface area (Å²) >= 11 is 0. The number of para-hydroxylation sites is 1. The number of anilines is 1. The topological polar surface area (TPSA) is 146 Å². The van der Waals surface area contributed by atoms with Gasteiger partial charge in [0.15, 0.2) is 5.69 Å². The van der Waals surface area contributed by atoms with Gasteiger partial charge in [-0.3, -0.25) is 9.59 Å². The molecule has 0 spiro atoms. The summed E-state index contributed by atoms with van der Waals surface area (Å²) in [7, 11) is 0. The molecule has 0 aliphatic heterocycles. The maximum Gasteiger partial charge on any atom is 0.273 e. The van der Waals surface area contributed by atoms with Crippen LogP contribution in [0.4, 0.5) is 5.82 Å². The van der Waals surface area contributed by atoms with Crippen LogP contribution in [-0.2, 0) is 6.54 Å². The van der Waals surface area contributed by atoms with E-state index in [0.29, 0.717) is 28.0 Å². The first-order valence-corrected chi connectivity index (χ1v) is 8.60. The Morgan fingerprint density at radius 3 is 2.76 bits per heavy atom. The van der Waals surface area contributed by atoms with Crippen molar-refractivity contribution in [3.05, 3.63) is 71.7 Å². The van der Waals surface area contributed by atoms with Crippen LogP contribution in [0.2, 0.25) is 0 Å². The lowest BCUT2D eigenvalue weighted by molar-refractivity contribution is 0.0942. The van der Waals surface area contributed by atoms with Crippen molar-refractivity contribution in [2.24, 2.45) is 0 Å². The van der Waals surface area contributed by atoms with Crippen LogP contribution in [0.25, 0.3) is 11.0 Å². The van der Waals surface area contributed by atoms with Crippen molar-refractivity contribution in [3.63, 3.8) is 0 Å². The Kier molecular flexibility index (Phi) is 4.81. The number of H-pyrrole nitrogens is 1. The third kappa shape index (κ3) is 3.86. The van der Waals surface area contributed by atoms with Crippen molar-refractivity contribution in [2.75, 3.05) is 5.32 Å². The molecule has 3 heterocycles. The second-order valence-electron chi connectivity index (χ2n) is 6.05. The highest BCUT2D eigenvalue weighted by atomic mass is 16.3. The molecule has 0 bridgehead atoms. The Bertz CT molecular complexity index is 1210. The number of nitrogens with zero attached hydrogens (tertiary/aromatic N) is 4. The third-order valence-electron chi connectivity index (χ3n) is 4.11. The van der Waals surface area contributed by atoms with E-state index in [1.54, 1.807) is 30.3 Å². The molecule has 29 heavy (non-hydrogen) atoms. The Hall–Kier alpha value is -4.34. The third-order valence-corrected chi connectivity index (χ3v) is 4.11. The lowest BCUT2D eigenvalue weighted by Crippen LogP contribution is -2.24. The summed E-state index contributed by atoms with van der Waals surface area (Å²) < 4.78 is 0. The highest BCUT2D eigenvalue weighted by Crippen LogP contribution is 2.16. The number of fused-ring (bicyclic) bond motifs is 1. The first-order valence-electron chi connectivity index (χ1n) is 8.60. The zero-order chi connectivity index (χ0) is 20.2. The number of aromatic nitrogens is 5. The first-order chi connectivity index (χ1) is 14.1. The van der Waals surface area contributed by atoms with Crippen LogP contribution in [0.1, 0.15) is 26.4 Å².